The molecule has 2 heterocycles. The van der Waals surface area contributed by atoms with Gasteiger partial charge in [-0.15, -0.1) is 5.10 Å². The van der Waals surface area contributed by atoms with Crippen LogP contribution in [0.2, 0.25) is 0 Å². The van der Waals surface area contributed by atoms with Crippen LogP contribution in [0.15, 0.2) is 11.1 Å². The second-order valence-corrected chi connectivity index (χ2v) is 7.99. The number of rotatable bonds is 17. The van der Waals surface area contributed by atoms with Crippen molar-refractivity contribution in [2.45, 2.75) is 103 Å². The number of aromatic nitrogens is 5. The average Bonchev–Trinajstić information content (AvgIpc) is 3.19. The van der Waals surface area contributed by atoms with Crippen molar-refractivity contribution >= 4 is 11.6 Å². The molecule has 30 heavy (non-hydrogen) atoms. The number of unbranched alkanes of at least 4 members (excludes halogenated alkanes) is 14. The van der Waals surface area contributed by atoms with Crippen molar-refractivity contribution in [2.75, 3.05) is 6.61 Å². The van der Waals surface area contributed by atoms with Gasteiger partial charge in [0.2, 0.25) is 0 Å². The standard InChI is InChI=1S/C22H37N5O3/c1-2-3-4-5-6-7-8-9-10-11-12-13-14-15-16-17-30-21(28)19-20-24-26-25-22(29)27(20)18-23-19/h18H,2-17H2,1H3,(H,24,25,29). The lowest BCUT2D eigenvalue weighted by atomic mass is 10.0. The first-order chi connectivity index (χ1) is 14.7. The van der Waals surface area contributed by atoms with Gasteiger partial charge in [-0.1, -0.05) is 102 Å². The Morgan fingerprint density at radius 3 is 2.00 bits per heavy atom. The van der Waals surface area contributed by atoms with Crippen LogP contribution < -0.4 is 5.69 Å². The molecule has 0 aliphatic rings. The Hall–Kier alpha value is -2.25. The van der Waals surface area contributed by atoms with Gasteiger partial charge in [0.1, 0.15) is 6.33 Å². The molecule has 0 aliphatic carbocycles. The van der Waals surface area contributed by atoms with E-state index in [1.165, 1.54) is 89.8 Å². The average molecular weight is 420 g/mol. The maximum atomic E-state index is 12.1. The van der Waals surface area contributed by atoms with Gasteiger partial charge in [-0.3, -0.25) is 0 Å². The number of esters is 1. The largest absolute Gasteiger partial charge is 0.461 e. The first-order valence-electron chi connectivity index (χ1n) is 11.7. The predicted octanol–water partition coefficient (Wildman–Crippen LogP) is 4.84. The van der Waals surface area contributed by atoms with E-state index < -0.39 is 11.7 Å². The molecular formula is C22H37N5O3. The number of carbonyl (C=O) groups is 1. The number of imidazole rings is 1. The van der Waals surface area contributed by atoms with E-state index in [9.17, 15) is 9.59 Å². The molecule has 2 aromatic heterocycles. The zero-order valence-corrected chi connectivity index (χ0v) is 18.4. The van der Waals surface area contributed by atoms with Crippen LogP contribution in [0.3, 0.4) is 0 Å². The highest BCUT2D eigenvalue weighted by Crippen LogP contribution is 2.13. The van der Waals surface area contributed by atoms with E-state index in [1.807, 2.05) is 0 Å². The van der Waals surface area contributed by atoms with Crippen LogP contribution in [0.4, 0.5) is 0 Å². The second kappa shape index (κ2) is 14.7. The molecule has 0 bridgehead atoms. The molecule has 0 atom stereocenters. The molecule has 8 nitrogen and oxygen atoms in total. The SMILES string of the molecule is CCCCCCCCCCCCCCCCCOC(=O)c1ncn2c(=O)[nH]nnc12. The summed E-state index contributed by atoms with van der Waals surface area (Å²) in [5, 5.41) is 9.37. The van der Waals surface area contributed by atoms with Crippen molar-refractivity contribution in [3.8, 4) is 0 Å². The molecule has 0 unspecified atom stereocenters. The number of carbonyl (C=O) groups excluding carboxylic acids is 1. The normalized spacial score (nSPS) is 11.2. The van der Waals surface area contributed by atoms with E-state index in [4.69, 9.17) is 4.74 Å². The minimum Gasteiger partial charge on any atom is -0.461 e. The van der Waals surface area contributed by atoms with Crippen LogP contribution in [-0.4, -0.2) is 37.4 Å². The maximum absolute atomic E-state index is 12.1. The molecule has 0 fully saturated rings. The summed E-state index contributed by atoms with van der Waals surface area (Å²) in [6, 6.07) is 0. The number of H-pyrrole nitrogens is 1. The van der Waals surface area contributed by atoms with Gasteiger partial charge in [-0.2, -0.15) is 0 Å². The van der Waals surface area contributed by atoms with Crippen LogP contribution in [0, 0.1) is 0 Å². The van der Waals surface area contributed by atoms with Gasteiger partial charge in [0.25, 0.3) is 0 Å². The quantitative estimate of drug-likeness (QED) is 0.291. The molecular weight excluding hydrogens is 382 g/mol. The lowest BCUT2D eigenvalue weighted by Crippen LogP contribution is -2.19. The van der Waals surface area contributed by atoms with Crippen molar-refractivity contribution in [1.29, 1.82) is 0 Å². The minimum atomic E-state index is -0.567. The molecule has 0 saturated carbocycles. The maximum Gasteiger partial charge on any atom is 0.360 e. The van der Waals surface area contributed by atoms with Crippen molar-refractivity contribution < 1.29 is 9.53 Å². The van der Waals surface area contributed by atoms with Gasteiger partial charge in [0, 0.05) is 0 Å². The summed E-state index contributed by atoms with van der Waals surface area (Å²) in [5.41, 5.74) is -0.358. The zero-order valence-electron chi connectivity index (χ0n) is 18.4. The Morgan fingerprint density at radius 1 is 0.900 bits per heavy atom. The third-order valence-corrected chi connectivity index (χ3v) is 5.43. The first-order valence-corrected chi connectivity index (χ1v) is 11.7. The van der Waals surface area contributed by atoms with Crippen LogP contribution in [0.1, 0.15) is 114 Å². The predicted molar refractivity (Wildman–Crippen MR) is 117 cm³/mol. The number of nitrogens with zero attached hydrogens (tertiary/aromatic N) is 4. The van der Waals surface area contributed by atoms with E-state index in [0.29, 0.717) is 6.61 Å². The van der Waals surface area contributed by atoms with Crippen molar-refractivity contribution in [1.82, 2.24) is 24.8 Å². The van der Waals surface area contributed by atoms with E-state index >= 15 is 0 Å². The number of hydrogen-bond donors (Lipinski definition) is 1. The summed E-state index contributed by atoms with van der Waals surface area (Å²) < 4.78 is 6.39. The molecule has 0 aromatic carbocycles. The molecule has 0 spiro atoms. The highest BCUT2D eigenvalue weighted by molar-refractivity contribution is 5.93. The highest BCUT2D eigenvalue weighted by atomic mass is 16.5. The van der Waals surface area contributed by atoms with Gasteiger partial charge in [-0.25, -0.2) is 24.1 Å². The van der Waals surface area contributed by atoms with Crippen molar-refractivity contribution in [2.24, 2.45) is 0 Å². The fraction of sp³-hybridized carbons (Fsp3) is 0.773. The van der Waals surface area contributed by atoms with Gasteiger partial charge >= 0.3 is 11.7 Å². The van der Waals surface area contributed by atoms with Crippen LogP contribution in [-0.2, 0) is 4.74 Å². The Morgan fingerprint density at radius 2 is 1.43 bits per heavy atom. The molecule has 2 rings (SSSR count). The summed E-state index contributed by atoms with van der Waals surface area (Å²) in [6.45, 7) is 2.62. The summed E-state index contributed by atoms with van der Waals surface area (Å²) in [5.74, 6) is -0.567. The highest BCUT2D eigenvalue weighted by Gasteiger charge is 2.17. The fourth-order valence-corrected chi connectivity index (χ4v) is 3.61. The summed E-state index contributed by atoms with van der Waals surface area (Å²) in [7, 11) is 0. The van der Waals surface area contributed by atoms with Crippen molar-refractivity contribution in [3.05, 3.63) is 22.5 Å². The minimum absolute atomic E-state index is 0.0227. The topological polar surface area (TPSA) is 102 Å². The second-order valence-electron chi connectivity index (χ2n) is 7.99. The molecule has 0 radical (unpaired) electrons. The van der Waals surface area contributed by atoms with Gasteiger partial charge in [0.05, 0.1) is 6.61 Å². The number of hydrogen-bond acceptors (Lipinski definition) is 6. The summed E-state index contributed by atoms with van der Waals surface area (Å²) in [4.78, 5) is 27.6. The number of aromatic amines is 1. The molecule has 0 aliphatic heterocycles. The first kappa shape index (κ1) is 24.0. The lowest BCUT2D eigenvalue weighted by molar-refractivity contribution is 0.0493. The molecule has 2 aromatic rings. The third kappa shape index (κ3) is 8.63. The fourth-order valence-electron chi connectivity index (χ4n) is 3.61. The monoisotopic (exact) mass is 419 g/mol. The molecule has 0 amide bonds. The Bertz CT molecular complexity index is 786. The molecule has 168 valence electrons. The van der Waals surface area contributed by atoms with E-state index in [0.717, 1.165) is 17.2 Å². The Kier molecular flexibility index (Phi) is 11.8. The van der Waals surface area contributed by atoms with Crippen LogP contribution >= 0.6 is 0 Å². The van der Waals surface area contributed by atoms with E-state index in [-0.39, 0.29) is 11.3 Å². The number of fused-ring (bicyclic) bond motifs is 1. The zero-order chi connectivity index (χ0) is 21.4. The lowest BCUT2D eigenvalue weighted by Gasteiger charge is -2.04. The molecule has 8 heteroatoms. The number of nitrogens with one attached hydrogen (secondary N) is 1. The third-order valence-electron chi connectivity index (χ3n) is 5.43. The Balaban J connectivity index is 1.41. The van der Waals surface area contributed by atoms with Gasteiger partial charge in [-0.05, 0) is 6.42 Å². The summed E-state index contributed by atoms with van der Waals surface area (Å²) in [6.07, 6.45) is 20.6. The van der Waals surface area contributed by atoms with Crippen molar-refractivity contribution in [3.63, 3.8) is 0 Å². The van der Waals surface area contributed by atoms with E-state index in [1.54, 1.807) is 0 Å². The van der Waals surface area contributed by atoms with Gasteiger partial charge < -0.3 is 4.74 Å². The van der Waals surface area contributed by atoms with Crippen LogP contribution in [0.25, 0.3) is 5.65 Å². The Labute approximate surface area is 178 Å². The van der Waals surface area contributed by atoms with Crippen LogP contribution in [0.5, 0.6) is 0 Å². The summed E-state index contributed by atoms with van der Waals surface area (Å²) >= 11 is 0. The number of ether oxygens (including phenoxy) is 1. The van der Waals surface area contributed by atoms with E-state index in [2.05, 4.69) is 27.3 Å². The molecule has 1 N–H and O–H groups in total. The smallest absolute Gasteiger partial charge is 0.360 e. The molecule has 0 saturated heterocycles. The van der Waals surface area contributed by atoms with Gasteiger partial charge in [0.15, 0.2) is 11.3 Å².